The van der Waals surface area contributed by atoms with Crippen molar-refractivity contribution in [2.45, 2.75) is 12.8 Å². The number of carbonyl (C=O) groups is 1. The van der Waals surface area contributed by atoms with Gasteiger partial charge in [-0.3, -0.25) is 4.79 Å². The van der Waals surface area contributed by atoms with Crippen LogP contribution in [0.25, 0.3) is 11.1 Å². The first-order chi connectivity index (χ1) is 10.7. The van der Waals surface area contributed by atoms with Crippen LogP contribution in [0, 0.1) is 0 Å². The van der Waals surface area contributed by atoms with Gasteiger partial charge in [-0.1, -0.05) is 6.07 Å². The van der Waals surface area contributed by atoms with Crippen molar-refractivity contribution in [1.29, 1.82) is 0 Å². The Hall–Kier alpha value is -2.49. The number of Topliss-reactive ketones (excluding diaryl/α,β-unsaturated/α-hetero) is 1. The number of hydrogen-bond donors (Lipinski definition) is 0. The Morgan fingerprint density at radius 1 is 0.818 bits per heavy atom. The van der Waals surface area contributed by atoms with Crippen LogP contribution in [0.3, 0.4) is 0 Å². The molecule has 4 heteroatoms. The van der Waals surface area contributed by atoms with Gasteiger partial charge in [-0.2, -0.15) is 0 Å². The smallest absolute Gasteiger partial charge is 0.163 e. The van der Waals surface area contributed by atoms with Gasteiger partial charge in [0.2, 0.25) is 0 Å². The van der Waals surface area contributed by atoms with E-state index in [-0.39, 0.29) is 5.78 Å². The van der Waals surface area contributed by atoms with Gasteiger partial charge in [-0.05, 0) is 41.8 Å². The van der Waals surface area contributed by atoms with Crippen LogP contribution >= 0.6 is 0 Å². The molecule has 0 N–H and O–H groups in total. The Kier molecular flexibility index (Phi) is 3.75. The molecule has 0 bridgehead atoms. The minimum Gasteiger partial charge on any atom is -0.496 e. The average Bonchev–Trinajstić information content (AvgIpc) is 2.94. The fraction of sp³-hybridized carbons (Fsp3) is 0.278. The predicted octanol–water partition coefficient (Wildman–Crippen LogP) is 3.51. The first-order valence-corrected chi connectivity index (χ1v) is 7.15. The van der Waals surface area contributed by atoms with Gasteiger partial charge in [0.15, 0.2) is 17.3 Å². The molecule has 0 saturated heterocycles. The normalized spacial score (nSPS) is 13.0. The zero-order valence-corrected chi connectivity index (χ0v) is 12.9. The van der Waals surface area contributed by atoms with Gasteiger partial charge in [-0.25, -0.2) is 0 Å². The number of ether oxygens (including phenoxy) is 3. The Labute approximate surface area is 129 Å². The summed E-state index contributed by atoms with van der Waals surface area (Å²) in [5.41, 5.74) is 3.77. The van der Waals surface area contributed by atoms with Crippen LogP contribution < -0.4 is 14.2 Å². The lowest BCUT2D eigenvalue weighted by molar-refractivity contribution is 0.0994. The van der Waals surface area contributed by atoms with E-state index in [0.717, 1.165) is 34.4 Å². The lowest BCUT2D eigenvalue weighted by Crippen LogP contribution is -1.97. The minimum absolute atomic E-state index is 0.194. The number of carbonyl (C=O) groups excluding carboxylic acids is 1. The lowest BCUT2D eigenvalue weighted by atomic mass is 9.95. The maximum atomic E-state index is 12.0. The average molecular weight is 298 g/mol. The molecule has 0 aromatic heterocycles. The summed E-state index contributed by atoms with van der Waals surface area (Å²) in [6, 6.07) is 9.45. The first kappa shape index (κ1) is 14.4. The SMILES string of the molecule is COc1ccc(-c2c(OC)ccc3c2CCC3=O)cc1OC. The van der Waals surface area contributed by atoms with Crippen LogP contribution in [-0.4, -0.2) is 27.1 Å². The third kappa shape index (κ3) is 2.21. The van der Waals surface area contributed by atoms with Crippen molar-refractivity contribution < 1.29 is 19.0 Å². The van der Waals surface area contributed by atoms with Crippen LogP contribution in [0.4, 0.5) is 0 Å². The summed E-state index contributed by atoms with van der Waals surface area (Å²) in [6.07, 6.45) is 1.30. The number of methoxy groups -OCH3 is 3. The number of hydrogen-bond acceptors (Lipinski definition) is 4. The Morgan fingerprint density at radius 3 is 2.18 bits per heavy atom. The fourth-order valence-corrected chi connectivity index (χ4v) is 3.00. The van der Waals surface area contributed by atoms with Gasteiger partial charge >= 0.3 is 0 Å². The van der Waals surface area contributed by atoms with E-state index in [0.29, 0.717) is 17.9 Å². The molecule has 0 radical (unpaired) electrons. The van der Waals surface area contributed by atoms with Gasteiger partial charge in [0.1, 0.15) is 5.75 Å². The molecule has 0 saturated carbocycles. The molecule has 0 fully saturated rings. The summed E-state index contributed by atoms with van der Waals surface area (Å²) in [5, 5.41) is 0. The highest BCUT2D eigenvalue weighted by Gasteiger charge is 2.25. The van der Waals surface area contributed by atoms with Crippen LogP contribution in [-0.2, 0) is 6.42 Å². The van der Waals surface area contributed by atoms with Crippen molar-refractivity contribution in [1.82, 2.24) is 0 Å². The summed E-state index contributed by atoms with van der Waals surface area (Å²) in [4.78, 5) is 12.0. The highest BCUT2D eigenvalue weighted by atomic mass is 16.5. The molecule has 114 valence electrons. The molecular weight excluding hydrogens is 280 g/mol. The standard InChI is InChI=1S/C18H18O4/c1-20-15-8-4-11(10-17(15)22-3)18-13-5-7-14(19)12(13)6-9-16(18)21-2/h4,6,8-10H,5,7H2,1-3H3. The summed E-state index contributed by atoms with van der Waals surface area (Å²) in [7, 11) is 4.86. The zero-order valence-electron chi connectivity index (χ0n) is 12.9. The van der Waals surface area contributed by atoms with Crippen molar-refractivity contribution in [3.05, 3.63) is 41.5 Å². The van der Waals surface area contributed by atoms with E-state index in [1.165, 1.54) is 0 Å². The summed E-state index contributed by atoms with van der Waals surface area (Å²) in [6.45, 7) is 0. The maximum absolute atomic E-state index is 12.0. The first-order valence-electron chi connectivity index (χ1n) is 7.15. The van der Waals surface area contributed by atoms with Crippen LogP contribution in [0.5, 0.6) is 17.2 Å². The number of ketones is 1. The molecule has 0 unspecified atom stereocenters. The third-order valence-electron chi connectivity index (χ3n) is 4.07. The molecule has 1 aliphatic rings. The fourth-order valence-electron chi connectivity index (χ4n) is 3.00. The van der Waals surface area contributed by atoms with Gasteiger partial charge < -0.3 is 14.2 Å². The molecule has 1 aliphatic carbocycles. The second-order valence-corrected chi connectivity index (χ2v) is 5.16. The van der Waals surface area contributed by atoms with E-state index in [4.69, 9.17) is 14.2 Å². The topological polar surface area (TPSA) is 44.8 Å². The van der Waals surface area contributed by atoms with E-state index in [9.17, 15) is 4.79 Å². The van der Waals surface area contributed by atoms with Crippen molar-refractivity contribution in [2.75, 3.05) is 21.3 Å². The molecule has 3 rings (SSSR count). The number of benzene rings is 2. The van der Waals surface area contributed by atoms with Crippen LogP contribution in [0.1, 0.15) is 22.3 Å². The minimum atomic E-state index is 0.194. The molecule has 22 heavy (non-hydrogen) atoms. The lowest BCUT2D eigenvalue weighted by Gasteiger charge is -2.15. The maximum Gasteiger partial charge on any atom is 0.163 e. The monoisotopic (exact) mass is 298 g/mol. The van der Waals surface area contributed by atoms with E-state index in [1.54, 1.807) is 21.3 Å². The van der Waals surface area contributed by atoms with E-state index >= 15 is 0 Å². The van der Waals surface area contributed by atoms with Crippen LogP contribution in [0.2, 0.25) is 0 Å². The van der Waals surface area contributed by atoms with Gasteiger partial charge in [0.25, 0.3) is 0 Å². The number of rotatable bonds is 4. The predicted molar refractivity (Wildman–Crippen MR) is 84.2 cm³/mol. The summed E-state index contributed by atoms with van der Waals surface area (Å²) in [5.74, 6) is 2.29. The van der Waals surface area contributed by atoms with E-state index in [2.05, 4.69) is 0 Å². The van der Waals surface area contributed by atoms with Gasteiger partial charge in [-0.15, -0.1) is 0 Å². The molecule has 2 aromatic carbocycles. The van der Waals surface area contributed by atoms with E-state index < -0.39 is 0 Å². The number of fused-ring (bicyclic) bond motifs is 1. The molecule has 2 aromatic rings. The van der Waals surface area contributed by atoms with Crippen molar-refractivity contribution >= 4 is 5.78 Å². The molecule has 0 aliphatic heterocycles. The summed E-state index contributed by atoms with van der Waals surface area (Å²) < 4.78 is 16.2. The Bertz CT molecular complexity index is 734. The van der Waals surface area contributed by atoms with Gasteiger partial charge in [0.05, 0.1) is 21.3 Å². The second-order valence-electron chi connectivity index (χ2n) is 5.16. The molecule has 4 nitrogen and oxygen atoms in total. The van der Waals surface area contributed by atoms with Crippen molar-refractivity contribution in [2.24, 2.45) is 0 Å². The molecular formula is C18H18O4. The second kappa shape index (κ2) is 5.72. The molecule has 0 spiro atoms. The zero-order chi connectivity index (χ0) is 15.7. The highest BCUT2D eigenvalue weighted by Crippen LogP contribution is 2.42. The molecule has 0 amide bonds. The van der Waals surface area contributed by atoms with Gasteiger partial charge in [0, 0.05) is 17.5 Å². The highest BCUT2D eigenvalue weighted by molar-refractivity contribution is 6.03. The van der Waals surface area contributed by atoms with Crippen molar-refractivity contribution in [3.63, 3.8) is 0 Å². The largest absolute Gasteiger partial charge is 0.496 e. The van der Waals surface area contributed by atoms with Crippen molar-refractivity contribution in [3.8, 4) is 28.4 Å². The Morgan fingerprint density at radius 2 is 1.50 bits per heavy atom. The van der Waals surface area contributed by atoms with Crippen LogP contribution in [0.15, 0.2) is 30.3 Å². The Balaban J connectivity index is 2.22. The third-order valence-corrected chi connectivity index (χ3v) is 4.07. The molecule has 0 atom stereocenters. The quantitative estimate of drug-likeness (QED) is 0.866. The summed E-state index contributed by atoms with van der Waals surface area (Å²) >= 11 is 0. The van der Waals surface area contributed by atoms with E-state index in [1.807, 2.05) is 30.3 Å². The molecule has 0 heterocycles.